The molecule has 8 nitrogen and oxygen atoms in total. The Kier molecular flexibility index (Phi) is 6.06. The van der Waals surface area contributed by atoms with Gasteiger partial charge in [0.2, 0.25) is 5.76 Å². The lowest BCUT2D eigenvalue weighted by molar-refractivity contribution is -0.00523. The van der Waals surface area contributed by atoms with E-state index in [2.05, 4.69) is 46.3 Å². The molecule has 31 heavy (non-hydrogen) atoms. The van der Waals surface area contributed by atoms with Crippen LogP contribution in [0.5, 0.6) is 0 Å². The Morgan fingerprint density at radius 3 is 2.45 bits per heavy atom. The summed E-state index contributed by atoms with van der Waals surface area (Å²) < 4.78 is 11.0. The van der Waals surface area contributed by atoms with Crippen LogP contribution in [-0.4, -0.2) is 46.3 Å². The quantitative estimate of drug-likeness (QED) is 0.646. The van der Waals surface area contributed by atoms with Gasteiger partial charge in [-0.3, -0.25) is 9.78 Å². The molecule has 1 amide bonds. The number of pyridine rings is 1. The lowest BCUT2D eigenvalue weighted by Gasteiger charge is -2.35. The van der Waals surface area contributed by atoms with Gasteiger partial charge >= 0.3 is 0 Å². The predicted molar refractivity (Wildman–Crippen MR) is 119 cm³/mol. The molecule has 0 aliphatic carbocycles. The first kappa shape index (κ1) is 21.5. The van der Waals surface area contributed by atoms with Crippen molar-refractivity contribution >= 4 is 22.4 Å². The third-order valence-electron chi connectivity index (χ3n) is 5.09. The summed E-state index contributed by atoms with van der Waals surface area (Å²) in [7, 11) is 0. The monoisotopic (exact) mass is 441 g/mol. The molecule has 1 aliphatic rings. The number of aryl methyl sites for hydroxylation is 3. The number of ether oxygens (including phenoxy) is 1. The summed E-state index contributed by atoms with van der Waals surface area (Å²) in [5.74, 6) is -0.0744. The first-order chi connectivity index (χ1) is 14.8. The predicted octanol–water partition coefficient (Wildman–Crippen LogP) is 3.66. The van der Waals surface area contributed by atoms with E-state index < -0.39 is 0 Å². The largest absolute Gasteiger partial charge is 0.372 e. The van der Waals surface area contributed by atoms with E-state index in [1.807, 2.05) is 13.8 Å². The molecule has 3 aromatic heterocycles. The van der Waals surface area contributed by atoms with Crippen molar-refractivity contribution in [3.05, 3.63) is 46.7 Å². The zero-order valence-corrected chi connectivity index (χ0v) is 19.2. The first-order valence-corrected chi connectivity index (χ1v) is 11.2. The maximum atomic E-state index is 12.5. The normalized spacial score (nSPS) is 18.9. The van der Waals surface area contributed by atoms with Crippen molar-refractivity contribution in [3.8, 4) is 10.4 Å². The van der Waals surface area contributed by atoms with E-state index in [1.54, 1.807) is 18.3 Å². The first-order valence-electron chi connectivity index (χ1n) is 10.4. The van der Waals surface area contributed by atoms with Crippen molar-refractivity contribution in [2.45, 2.75) is 53.4 Å². The van der Waals surface area contributed by atoms with Gasteiger partial charge in [0.25, 0.3) is 5.91 Å². The maximum absolute atomic E-state index is 12.5. The molecule has 1 fully saturated rings. The van der Waals surface area contributed by atoms with E-state index in [0.29, 0.717) is 12.1 Å². The van der Waals surface area contributed by atoms with Crippen molar-refractivity contribution in [1.29, 1.82) is 0 Å². The molecule has 1 saturated heterocycles. The van der Waals surface area contributed by atoms with Crippen LogP contribution in [0.25, 0.3) is 10.4 Å². The Labute approximate surface area is 185 Å². The Balaban J connectivity index is 1.65. The average Bonchev–Trinajstić information content (AvgIpc) is 3.31. The van der Waals surface area contributed by atoms with Gasteiger partial charge in [-0.15, -0.1) is 0 Å². The second-order valence-corrected chi connectivity index (χ2v) is 9.07. The van der Waals surface area contributed by atoms with Crippen molar-refractivity contribution < 1.29 is 14.1 Å². The molecular formula is C22H27N5O3S. The van der Waals surface area contributed by atoms with Crippen LogP contribution in [-0.2, 0) is 11.3 Å². The van der Waals surface area contributed by atoms with Crippen molar-refractivity contribution in [1.82, 2.24) is 20.4 Å². The van der Waals surface area contributed by atoms with Gasteiger partial charge in [-0.05, 0) is 52.3 Å². The Morgan fingerprint density at radius 1 is 1.16 bits per heavy atom. The second kappa shape index (κ2) is 8.76. The van der Waals surface area contributed by atoms with Crippen molar-refractivity contribution in [2.24, 2.45) is 0 Å². The van der Waals surface area contributed by atoms with Crippen molar-refractivity contribution in [3.63, 3.8) is 0 Å². The van der Waals surface area contributed by atoms with E-state index in [4.69, 9.17) is 14.2 Å². The van der Waals surface area contributed by atoms with E-state index in [-0.39, 0.29) is 23.9 Å². The number of rotatable bonds is 5. The average molecular weight is 442 g/mol. The minimum absolute atomic E-state index is 0.138. The summed E-state index contributed by atoms with van der Waals surface area (Å²) in [4.78, 5) is 25.3. The minimum Gasteiger partial charge on any atom is -0.372 e. The molecule has 0 saturated carbocycles. The molecule has 4 heterocycles. The number of nitrogens with zero attached hydrogens (tertiary/aromatic N) is 4. The van der Waals surface area contributed by atoms with Crippen LogP contribution in [0.3, 0.4) is 0 Å². The van der Waals surface area contributed by atoms with Crippen LogP contribution in [0, 0.1) is 20.8 Å². The highest BCUT2D eigenvalue weighted by atomic mass is 32.1. The van der Waals surface area contributed by atoms with Gasteiger partial charge in [0.05, 0.1) is 35.5 Å². The highest BCUT2D eigenvalue weighted by Crippen LogP contribution is 2.36. The van der Waals surface area contributed by atoms with Crippen LogP contribution < -0.4 is 10.2 Å². The molecule has 0 unspecified atom stereocenters. The topological polar surface area (TPSA) is 93.4 Å². The molecule has 4 rings (SSSR count). The summed E-state index contributed by atoms with van der Waals surface area (Å²) in [5.41, 5.74) is 4.48. The number of anilines is 1. The molecule has 0 aromatic carbocycles. The van der Waals surface area contributed by atoms with Crippen LogP contribution >= 0.6 is 11.3 Å². The lowest BCUT2D eigenvalue weighted by atomic mass is 10.1. The van der Waals surface area contributed by atoms with E-state index >= 15 is 0 Å². The molecular weight excluding hydrogens is 414 g/mol. The highest BCUT2D eigenvalue weighted by Gasteiger charge is 2.26. The fourth-order valence-electron chi connectivity index (χ4n) is 3.87. The highest BCUT2D eigenvalue weighted by molar-refractivity contribution is 7.19. The fraction of sp³-hybridized carbons (Fsp3) is 0.455. The number of amides is 1. The molecule has 1 N–H and O–H groups in total. The van der Waals surface area contributed by atoms with Gasteiger partial charge in [0.15, 0.2) is 5.13 Å². The summed E-state index contributed by atoms with van der Waals surface area (Å²) in [5, 5.41) is 7.55. The molecule has 0 radical (unpaired) electrons. The number of thiazole rings is 1. The standard InChI is InChI=1S/C22H27N5O3S/c1-12-8-24-30-19(12)21(28)23-9-18-20(17-6-13(2)25-14(3)7-17)31-22(26-18)27-10-15(4)29-16(5)11-27/h6-8,15-16H,9-11H2,1-5H3,(H,23,28)/t15-,16+. The zero-order chi connectivity index (χ0) is 22.1. The zero-order valence-electron chi connectivity index (χ0n) is 18.4. The van der Waals surface area contributed by atoms with Gasteiger partial charge in [-0.1, -0.05) is 16.5 Å². The van der Waals surface area contributed by atoms with E-state index in [1.165, 1.54) is 6.20 Å². The maximum Gasteiger partial charge on any atom is 0.290 e. The summed E-state index contributed by atoms with van der Waals surface area (Å²) >= 11 is 1.64. The number of carbonyl (C=O) groups is 1. The van der Waals surface area contributed by atoms with Crippen LogP contribution in [0.1, 0.15) is 47.0 Å². The van der Waals surface area contributed by atoms with Crippen molar-refractivity contribution in [2.75, 3.05) is 18.0 Å². The molecule has 0 bridgehead atoms. The minimum atomic E-state index is -0.300. The lowest BCUT2D eigenvalue weighted by Crippen LogP contribution is -2.45. The van der Waals surface area contributed by atoms with E-state index in [0.717, 1.165) is 45.7 Å². The summed E-state index contributed by atoms with van der Waals surface area (Å²) in [6, 6.07) is 4.11. The Bertz CT molecular complexity index is 1060. The molecule has 2 atom stereocenters. The summed E-state index contributed by atoms with van der Waals surface area (Å²) in [6.45, 7) is 11.8. The van der Waals surface area contributed by atoms with Crippen LogP contribution in [0.4, 0.5) is 5.13 Å². The number of aromatic nitrogens is 3. The van der Waals surface area contributed by atoms with Gasteiger partial charge in [0, 0.05) is 30.0 Å². The number of morpholine rings is 1. The second-order valence-electron chi connectivity index (χ2n) is 8.09. The van der Waals surface area contributed by atoms with Gasteiger partial charge < -0.3 is 19.5 Å². The van der Waals surface area contributed by atoms with Gasteiger partial charge in [-0.2, -0.15) is 0 Å². The third-order valence-corrected chi connectivity index (χ3v) is 6.30. The molecule has 164 valence electrons. The van der Waals surface area contributed by atoms with Crippen LogP contribution in [0.15, 0.2) is 22.9 Å². The number of hydrogen-bond donors (Lipinski definition) is 1. The van der Waals surface area contributed by atoms with Crippen LogP contribution in [0.2, 0.25) is 0 Å². The Morgan fingerprint density at radius 2 is 1.84 bits per heavy atom. The smallest absolute Gasteiger partial charge is 0.290 e. The van der Waals surface area contributed by atoms with E-state index in [9.17, 15) is 4.79 Å². The molecule has 9 heteroatoms. The molecule has 1 aliphatic heterocycles. The third kappa shape index (κ3) is 4.77. The van der Waals surface area contributed by atoms with Gasteiger partial charge in [0.1, 0.15) is 0 Å². The number of nitrogens with one attached hydrogen (secondary N) is 1. The molecule has 3 aromatic rings. The number of hydrogen-bond acceptors (Lipinski definition) is 8. The SMILES string of the molecule is Cc1cc(-c2sc(N3C[C@@H](C)O[C@@H](C)C3)nc2CNC(=O)c2oncc2C)cc(C)n1. The number of carbonyl (C=O) groups excluding carboxylic acids is 1. The Hall–Kier alpha value is -2.78. The fourth-order valence-corrected chi connectivity index (χ4v) is 4.96. The summed E-state index contributed by atoms with van der Waals surface area (Å²) in [6.07, 6.45) is 1.81. The molecule has 0 spiro atoms. The van der Waals surface area contributed by atoms with Gasteiger partial charge in [-0.25, -0.2) is 4.98 Å².